The van der Waals surface area contributed by atoms with E-state index >= 15 is 0 Å². The lowest BCUT2D eigenvalue weighted by Gasteiger charge is -2.11. The number of fused-ring (bicyclic) bond motifs is 1. The second kappa shape index (κ2) is 7.54. The van der Waals surface area contributed by atoms with Gasteiger partial charge in [-0.1, -0.05) is 6.92 Å². The molecule has 3 N–H and O–H groups in total. The zero-order valence-electron chi connectivity index (χ0n) is 11.5. The smallest absolute Gasteiger partial charge is 0.0794 e. The summed E-state index contributed by atoms with van der Waals surface area (Å²) in [5, 5.41) is 14.5. The van der Waals surface area contributed by atoms with Crippen LogP contribution in [0.1, 0.15) is 49.6 Å². The third-order valence-corrected chi connectivity index (χ3v) is 3.57. The molecule has 102 valence electrons. The third kappa shape index (κ3) is 3.82. The minimum absolute atomic E-state index is 0.916. The Labute approximate surface area is 110 Å². The van der Waals surface area contributed by atoms with Crippen molar-refractivity contribution >= 4 is 0 Å². The van der Waals surface area contributed by atoms with Crippen LogP contribution in [0.3, 0.4) is 0 Å². The first kappa shape index (κ1) is 13.6. The van der Waals surface area contributed by atoms with Gasteiger partial charge in [-0.3, -0.25) is 5.10 Å². The van der Waals surface area contributed by atoms with E-state index in [2.05, 4.69) is 27.8 Å². The standard InChI is InChI=1S/C14H26N4/c1-2-8-15-9-5-10-16-11-14-12-6-3-4-7-13(12)17-18-14/h15-16H,2-11H2,1H3,(H,17,18). The molecule has 1 aliphatic rings. The van der Waals surface area contributed by atoms with Crippen molar-refractivity contribution in [3.05, 3.63) is 17.0 Å². The highest BCUT2D eigenvalue weighted by atomic mass is 15.1. The molecule has 0 aliphatic heterocycles. The average molecular weight is 250 g/mol. The maximum atomic E-state index is 4.44. The van der Waals surface area contributed by atoms with Gasteiger partial charge in [0, 0.05) is 12.2 Å². The molecule has 2 rings (SSSR count). The summed E-state index contributed by atoms with van der Waals surface area (Å²) in [6.45, 7) is 6.43. The van der Waals surface area contributed by atoms with Crippen molar-refractivity contribution < 1.29 is 0 Å². The predicted molar refractivity (Wildman–Crippen MR) is 74.7 cm³/mol. The van der Waals surface area contributed by atoms with Crippen LogP contribution in [0.25, 0.3) is 0 Å². The molecule has 0 saturated carbocycles. The molecule has 0 bridgehead atoms. The Morgan fingerprint density at radius 1 is 1.11 bits per heavy atom. The van der Waals surface area contributed by atoms with Crippen LogP contribution in [0, 0.1) is 0 Å². The minimum atomic E-state index is 0.916. The second-order valence-corrected chi connectivity index (χ2v) is 5.11. The number of hydrogen-bond acceptors (Lipinski definition) is 3. The fraction of sp³-hybridized carbons (Fsp3) is 0.786. The first-order valence-electron chi connectivity index (χ1n) is 7.38. The van der Waals surface area contributed by atoms with E-state index in [-0.39, 0.29) is 0 Å². The molecule has 0 spiro atoms. The first-order valence-corrected chi connectivity index (χ1v) is 7.38. The fourth-order valence-corrected chi connectivity index (χ4v) is 2.54. The molecule has 0 amide bonds. The van der Waals surface area contributed by atoms with Gasteiger partial charge in [0.15, 0.2) is 0 Å². The van der Waals surface area contributed by atoms with Gasteiger partial charge in [0.25, 0.3) is 0 Å². The largest absolute Gasteiger partial charge is 0.317 e. The van der Waals surface area contributed by atoms with Gasteiger partial charge in [0.05, 0.1) is 5.69 Å². The summed E-state index contributed by atoms with van der Waals surface area (Å²) in [6.07, 6.45) is 7.43. The topological polar surface area (TPSA) is 52.7 Å². The SMILES string of the molecule is CCCNCCCNCc1n[nH]c2c1CCCC2. The van der Waals surface area contributed by atoms with Crippen LogP contribution >= 0.6 is 0 Å². The molecule has 18 heavy (non-hydrogen) atoms. The Kier molecular flexibility index (Phi) is 5.68. The molecular formula is C14H26N4. The van der Waals surface area contributed by atoms with E-state index in [9.17, 15) is 0 Å². The quantitative estimate of drug-likeness (QED) is 0.616. The van der Waals surface area contributed by atoms with E-state index in [0.29, 0.717) is 0 Å². The van der Waals surface area contributed by atoms with Crippen LogP contribution in [0.5, 0.6) is 0 Å². The number of H-pyrrole nitrogens is 1. The van der Waals surface area contributed by atoms with E-state index in [1.807, 2.05) is 0 Å². The molecule has 0 unspecified atom stereocenters. The summed E-state index contributed by atoms with van der Waals surface area (Å²) in [5.41, 5.74) is 4.10. The third-order valence-electron chi connectivity index (χ3n) is 3.57. The number of aromatic nitrogens is 2. The van der Waals surface area contributed by atoms with Gasteiger partial charge in [-0.15, -0.1) is 0 Å². The Bertz CT molecular complexity index is 346. The summed E-state index contributed by atoms with van der Waals surface area (Å²) >= 11 is 0. The van der Waals surface area contributed by atoms with E-state index < -0.39 is 0 Å². The molecule has 1 aromatic heterocycles. The van der Waals surface area contributed by atoms with Gasteiger partial charge in [0.1, 0.15) is 0 Å². The van der Waals surface area contributed by atoms with Crippen LogP contribution in [0.15, 0.2) is 0 Å². The van der Waals surface area contributed by atoms with Crippen LogP contribution < -0.4 is 10.6 Å². The van der Waals surface area contributed by atoms with Gasteiger partial charge < -0.3 is 10.6 Å². The Morgan fingerprint density at radius 3 is 2.83 bits per heavy atom. The van der Waals surface area contributed by atoms with Crippen LogP contribution in [0.4, 0.5) is 0 Å². The molecular weight excluding hydrogens is 224 g/mol. The Balaban J connectivity index is 1.63. The van der Waals surface area contributed by atoms with Crippen LogP contribution in [0.2, 0.25) is 0 Å². The number of rotatable bonds is 8. The van der Waals surface area contributed by atoms with E-state index in [1.165, 1.54) is 55.5 Å². The summed E-state index contributed by atoms with van der Waals surface area (Å²) in [5.74, 6) is 0. The van der Waals surface area contributed by atoms with E-state index in [0.717, 1.165) is 26.2 Å². The summed E-state index contributed by atoms with van der Waals surface area (Å²) in [4.78, 5) is 0. The van der Waals surface area contributed by atoms with Gasteiger partial charge in [-0.2, -0.15) is 5.10 Å². The van der Waals surface area contributed by atoms with Crippen molar-refractivity contribution in [1.82, 2.24) is 20.8 Å². The van der Waals surface area contributed by atoms with Crippen molar-refractivity contribution in [1.29, 1.82) is 0 Å². The van der Waals surface area contributed by atoms with Crippen LogP contribution in [-0.2, 0) is 19.4 Å². The number of nitrogens with one attached hydrogen (secondary N) is 3. The molecule has 0 radical (unpaired) electrons. The lowest BCUT2D eigenvalue weighted by molar-refractivity contribution is 0.585. The summed E-state index contributed by atoms with van der Waals surface area (Å²) < 4.78 is 0. The van der Waals surface area contributed by atoms with Gasteiger partial charge in [-0.25, -0.2) is 0 Å². The molecule has 1 heterocycles. The van der Waals surface area contributed by atoms with E-state index in [4.69, 9.17) is 0 Å². The molecule has 0 saturated heterocycles. The highest BCUT2D eigenvalue weighted by Crippen LogP contribution is 2.21. The highest BCUT2D eigenvalue weighted by Gasteiger charge is 2.15. The van der Waals surface area contributed by atoms with Gasteiger partial charge in [-0.05, 0) is 63.7 Å². The van der Waals surface area contributed by atoms with Crippen molar-refractivity contribution in [2.24, 2.45) is 0 Å². The van der Waals surface area contributed by atoms with Gasteiger partial charge in [0.2, 0.25) is 0 Å². The number of hydrogen-bond donors (Lipinski definition) is 3. The zero-order valence-corrected chi connectivity index (χ0v) is 11.5. The minimum Gasteiger partial charge on any atom is -0.317 e. The molecule has 4 heteroatoms. The van der Waals surface area contributed by atoms with Gasteiger partial charge >= 0.3 is 0 Å². The monoisotopic (exact) mass is 250 g/mol. The van der Waals surface area contributed by atoms with Crippen molar-refractivity contribution in [2.75, 3.05) is 19.6 Å². The molecule has 1 aliphatic carbocycles. The van der Waals surface area contributed by atoms with Crippen molar-refractivity contribution in [3.8, 4) is 0 Å². The maximum absolute atomic E-state index is 4.44. The molecule has 0 fully saturated rings. The molecule has 0 atom stereocenters. The number of nitrogens with zero attached hydrogens (tertiary/aromatic N) is 1. The van der Waals surface area contributed by atoms with Crippen molar-refractivity contribution in [3.63, 3.8) is 0 Å². The number of aryl methyl sites for hydroxylation is 1. The fourth-order valence-electron chi connectivity index (χ4n) is 2.54. The second-order valence-electron chi connectivity index (χ2n) is 5.11. The zero-order chi connectivity index (χ0) is 12.6. The molecule has 4 nitrogen and oxygen atoms in total. The Hall–Kier alpha value is -0.870. The Morgan fingerprint density at radius 2 is 1.94 bits per heavy atom. The lowest BCUT2D eigenvalue weighted by atomic mass is 9.96. The maximum Gasteiger partial charge on any atom is 0.0794 e. The number of aromatic amines is 1. The lowest BCUT2D eigenvalue weighted by Crippen LogP contribution is -2.22. The van der Waals surface area contributed by atoms with E-state index in [1.54, 1.807) is 0 Å². The first-order chi connectivity index (χ1) is 8.92. The average Bonchev–Trinajstić information content (AvgIpc) is 2.81. The normalized spacial score (nSPS) is 14.7. The van der Waals surface area contributed by atoms with Crippen LogP contribution in [-0.4, -0.2) is 29.8 Å². The highest BCUT2D eigenvalue weighted by molar-refractivity contribution is 5.27. The molecule has 1 aromatic rings. The van der Waals surface area contributed by atoms with Crippen molar-refractivity contribution in [2.45, 2.75) is 52.0 Å². The summed E-state index contributed by atoms with van der Waals surface area (Å²) in [7, 11) is 0. The predicted octanol–water partition coefficient (Wildman–Crippen LogP) is 1.77. The molecule has 0 aromatic carbocycles. The summed E-state index contributed by atoms with van der Waals surface area (Å²) in [6, 6.07) is 0.